The highest BCUT2D eigenvalue weighted by Crippen LogP contribution is 2.11. The first-order valence-electron chi connectivity index (χ1n) is 7.32. The van der Waals surface area contributed by atoms with Crippen molar-refractivity contribution in [2.75, 3.05) is 0 Å². The second kappa shape index (κ2) is 6.36. The molecular formula is C18H17N3O2. The van der Waals surface area contributed by atoms with Crippen molar-refractivity contribution in [1.29, 1.82) is 0 Å². The molecule has 0 unspecified atom stereocenters. The van der Waals surface area contributed by atoms with Gasteiger partial charge in [0, 0.05) is 11.3 Å². The molecule has 0 saturated carbocycles. The molecule has 3 aromatic rings. The smallest absolute Gasteiger partial charge is 0.276 e. The predicted molar refractivity (Wildman–Crippen MR) is 89.2 cm³/mol. The summed E-state index contributed by atoms with van der Waals surface area (Å²) in [6.07, 6.45) is 0. The lowest BCUT2D eigenvalue weighted by Crippen LogP contribution is -2.23. The molecule has 116 valence electrons. The van der Waals surface area contributed by atoms with Crippen LogP contribution in [0.4, 0.5) is 0 Å². The molecule has 3 rings (SSSR count). The number of aromatic nitrogens is 2. The summed E-state index contributed by atoms with van der Waals surface area (Å²) in [4.78, 5) is 12.7. The van der Waals surface area contributed by atoms with Gasteiger partial charge in [0.25, 0.3) is 5.56 Å². The number of hydrogen-bond acceptors (Lipinski definition) is 3. The molecule has 0 aliphatic heterocycles. The Morgan fingerprint density at radius 1 is 1.09 bits per heavy atom. The van der Waals surface area contributed by atoms with Crippen LogP contribution in [0.2, 0.25) is 0 Å². The number of nitrogens with one attached hydrogen (secondary N) is 1. The van der Waals surface area contributed by atoms with E-state index in [1.54, 1.807) is 6.92 Å². The van der Waals surface area contributed by atoms with E-state index in [0.29, 0.717) is 23.4 Å². The van der Waals surface area contributed by atoms with Gasteiger partial charge in [-0.1, -0.05) is 65.8 Å². The molecule has 0 saturated heterocycles. The highest BCUT2D eigenvalue weighted by atomic mass is 16.4. The van der Waals surface area contributed by atoms with Crippen LogP contribution in [0, 0.1) is 6.92 Å². The summed E-state index contributed by atoms with van der Waals surface area (Å²) in [5.74, 6) is 0. The lowest BCUT2D eigenvalue weighted by atomic mass is 10.0. The fourth-order valence-corrected chi connectivity index (χ4v) is 2.61. The molecule has 1 aromatic heterocycles. The minimum Gasteiger partial charge on any atom is -0.410 e. The SMILES string of the molecule is Cc1[nH]n(Cc2ccccc2)c(=O)c1/C(=N/O)c1ccccc1. The largest absolute Gasteiger partial charge is 0.410 e. The fourth-order valence-electron chi connectivity index (χ4n) is 2.61. The van der Waals surface area contributed by atoms with Gasteiger partial charge in [0.15, 0.2) is 0 Å². The van der Waals surface area contributed by atoms with Crippen LogP contribution in [0.15, 0.2) is 70.6 Å². The van der Waals surface area contributed by atoms with Gasteiger partial charge < -0.3 is 5.21 Å². The topological polar surface area (TPSA) is 70.4 Å². The molecule has 0 aliphatic rings. The number of H-pyrrole nitrogens is 1. The summed E-state index contributed by atoms with van der Waals surface area (Å²) in [5.41, 5.74) is 2.84. The van der Waals surface area contributed by atoms with Gasteiger partial charge in [0.05, 0.1) is 12.1 Å². The third-order valence-corrected chi connectivity index (χ3v) is 3.70. The molecule has 0 radical (unpaired) electrons. The number of aryl methyl sites for hydroxylation is 1. The van der Waals surface area contributed by atoms with E-state index in [4.69, 9.17) is 0 Å². The van der Waals surface area contributed by atoms with Crippen LogP contribution in [0.3, 0.4) is 0 Å². The van der Waals surface area contributed by atoms with Crippen molar-refractivity contribution < 1.29 is 5.21 Å². The zero-order chi connectivity index (χ0) is 16.2. The van der Waals surface area contributed by atoms with E-state index in [2.05, 4.69) is 10.3 Å². The number of rotatable bonds is 4. The van der Waals surface area contributed by atoms with Crippen molar-refractivity contribution in [3.05, 3.63) is 93.4 Å². The Bertz CT molecular complexity index is 878. The fraction of sp³-hybridized carbons (Fsp3) is 0.111. The van der Waals surface area contributed by atoms with Crippen LogP contribution in [0.1, 0.15) is 22.4 Å². The molecule has 5 nitrogen and oxygen atoms in total. The third kappa shape index (κ3) is 2.94. The lowest BCUT2D eigenvalue weighted by Gasteiger charge is -2.02. The van der Waals surface area contributed by atoms with Crippen LogP contribution in [-0.2, 0) is 6.54 Å². The maximum absolute atomic E-state index is 12.7. The molecule has 0 bridgehead atoms. The molecular weight excluding hydrogens is 290 g/mol. The number of aromatic amines is 1. The van der Waals surface area contributed by atoms with Gasteiger partial charge in [-0.05, 0) is 12.5 Å². The molecule has 5 heteroatoms. The van der Waals surface area contributed by atoms with Gasteiger partial charge in [-0.2, -0.15) is 0 Å². The molecule has 2 N–H and O–H groups in total. The third-order valence-electron chi connectivity index (χ3n) is 3.70. The van der Waals surface area contributed by atoms with Crippen molar-refractivity contribution in [2.45, 2.75) is 13.5 Å². The minimum absolute atomic E-state index is 0.206. The highest BCUT2D eigenvalue weighted by molar-refractivity contribution is 6.13. The standard InChI is InChI=1S/C18H17N3O2/c1-13-16(17(20-23)15-10-6-3-7-11-15)18(22)21(19-13)12-14-8-4-2-5-9-14/h2-11,19,23H,12H2,1H3/b20-17+. The number of oxime groups is 1. The van der Waals surface area contributed by atoms with E-state index in [1.807, 2.05) is 60.7 Å². The zero-order valence-electron chi connectivity index (χ0n) is 12.7. The summed E-state index contributed by atoms with van der Waals surface area (Å²) in [5, 5.41) is 15.8. The van der Waals surface area contributed by atoms with Crippen LogP contribution in [-0.4, -0.2) is 20.7 Å². The summed E-state index contributed by atoms with van der Waals surface area (Å²) in [6.45, 7) is 2.24. The molecule has 0 atom stereocenters. The Morgan fingerprint density at radius 2 is 1.70 bits per heavy atom. The average molecular weight is 307 g/mol. The predicted octanol–water partition coefficient (Wildman–Crippen LogP) is 2.76. The number of hydrogen-bond donors (Lipinski definition) is 2. The molecule has 1 heterocycles. The van der Waals surface area contributed by atoms with Crippen molar-refractivity contribution in [1.82, 2.24) is 9.78 Å². The second-order valence-electron chi connectivity index (χ2n) is 5.30. The van der Waals surface area contributed by atoms with E-state index in [0.717, 1.165) is 5.56 Å². The molecule has 0 spiro atoms. The van der Waals surface area contributed by atoms with Gasteiger partial charge in [0.1, 0.15) is 5.71 Å². The van der Waals surface area contributed by atoms with Crippen LogP contribution in [0.5, 0.6) is 0 Å². The van der Waals surface area contributed by atoms with Crippen LogP contribution in [0.25, 0.3) is 0 Å². The Kier molecular flexibility index (Phi) is 4.10. The van der Waals surface area contributed by atoms with Crippen molar-refractivity contribution in [2.24, 2.45) is 5.16 Å². The minimum atomic E-state index is -0.206. The first-order valence-corrected chi connectivity index (χ1v) is 7.32. The second-order valence-corrected chi connectivity index (χ2v) is 5.30. The monoisotopic (exact) mass is 307 g/mol. The summed E-state index contributed by atoms with van der Waals surface area (Å²) in [7, 11) is 0. The molecule has 0 amide bonds. The van der Waals surface area contributed by atoms with Gasteiger partial charge in [-0.15, -0.1) is 0 Å². The molecule has 2 aromatic carbocycles. The Balaban J connectivity index is 2.03. The van der Waals surface area contributed by atoms with Gasteiger partial charge in [-0.3, -0.25) is 9.89 Å². The van der Waals surface area contributed by atoms with Gasteiger partial charge >= 0.3 is 0 Å². The van der Waals surface area contributed by atoms with Crippen molar-refractivity contribution >= 4 is 5.71 Å². The lowest BCUT2D eigenvalue weighted by molar-refractivity contribution is 0.319. The number of nitrogens with zero attached hydrogens (tertiary/aromatic N) is 2. The first kappa shape index (κ1) is 14.8. The van der Waals surface area contributed by atoms with Gasteiger partial charge in [0.2, 0.25) is 0 Å². The van der Waals surface area contributed by atoms with E-state index in [9.17, 15) is 10.0 Å². The Morgan fingerprint density at radius 3 is 2.30 bits per heavy atom. The molecule has 0 aliphatic carbocycles. The summed E-state index contributed by atoms with van der Waals surface area (Å²) in [6, 6.07) is 18.9. The van der Waals surface area contributed by atoms with E-state index in [1.165, 1.54) is 4.68 Å². The maximum atomic E-state index is 12.7. The van der Waals surface area contributed by atoms with Gasteiger partial charge in [-0.25, -0.2) is 4.68 Å². The maximum Gasteiger partial charge on any atom is 0.276 e. The van der Waals surface area contributed by atoms with Crippen molar-refractivity contribution in [3.63, 3.8) is 0 Å². The normalized spacial score (nSPS) is 11.6. The summed E-state index contributed by atoms with van der Waals surface area (Å²) < 4.78 is 1.52. The van der Waals surface area contributed by atoms with Crippen LogP contribution >= 0.6 is 0 Å². The average Bonchev–Trinajstić information content (AvgIpc) is 2.85. The quantitative estimate of drug-likeness (QED) is 0.442. The summed E-state index contributed by atoms with van der Waals surface area (Å²) >= 11 is 0. The van der Waals surface area contributed by atoms with E-state index < -0.39 is 0 Å². The van der Waals surface area contributed by atoms with Crippen molar-refractivity contribution in [3.8, 4) is 0 Å². The van der Waals surface area contributed by atoms with E-state index in [-0.39, 0.29) is 11.3 Å². The Hall–Kier alpha value is -3.08. The first-order chi connectivity index (χ1) is 11.2. The highest BCUT2D eigenvalue weighted by Gasteiger charge is 2.19. The number of benzene rings is 2. The van der Waals surface area contributed by atoms with Crippen LogP contribution < -0.4 is 5.56 Å². The molecule has 23 heavy (non-hydrogen) atoms. The van der Waals surface area contributed by atoms with E-state index >= 15 is 0 Å². The molecule has 0 fully saturated rings. The Labute approximate surface area is 133 Å². The zero-order valence-corrected chi connectivity index (χ0v) is 12.7.